The molecule has 1 N–H and O–H groups in total. The minimum absolute atomic E-state index is 0.362. The number of fused-ring (bicyclic) bond motifs is 1. The van der Waals surface area contributed by atoms with E-state index >= 15 is 0 Å². The Balaban J connectivity index is 1.81. The van der Waals surface area contributed by atoms with Gasteiger partial charge >= 0.3 is 0 Å². The molecule has 0 bridgehead atoms. The highest BCUT2D eigenvalue weighted by Crippen LogP contribution is 2.26. The van der Waals surface area contributed by atoms with Crippen molar-refractivity contribution in [3.63, 3.8) is 0 Å². The van der Waals surface area contributed by atoms with Gasteiger partial charge in [-0.25, -0.2) is 13.2 Å². The quantitative estimate of drug-likeness (QED) is 0.799. The molecule has 3 rings (SSSR count). The Kier molecular flexibility index (Phi) is 3.41. The molecule has 1 aromatic carbocycles. The fraction of sp³-hybridized carbons (Fsp3) is 0.500. The molecule has 2 saturated heterocycles. The fourth-order valence-corrected chi connectivity index (χ4v) is 3.09. The molecule has 2 aliphatic rings. The maximum Gasteiger partial charge on any atom is 0.256 e. The second-order valence-electron chi connectivity index (χ2n) is 5.37. The van der Waals surface area contributed by atoms with Crippen LogP contribution in [0.15, 0.2) is 12.1 Å². The lowest BCUT2D eigenvalue weighted by atomic mass is 9.93. The van der Waals surface area contributed by atoms with Crippen LogP contribution in [-0.2, 0) is 0 Å². The summed E-state index contributed by atoms with van der Waals surface area (Å²) in [6, 6.07) is 2.21. The minimum Gasteiger partial charge on any atom is -0.338 e. The Hall–Kier alpha value is -1.56. The lowest BCUT2D eigenvalue weighted by molar-refractivity contribution is 0.0656. The van der Waals surface area contributed by atoms with Gasteiger partial charge in [-0.2, -0.15) is 0 Å². The smallest absolute Gasteiger partial charge is 0.256 e. The van der Waals surface area contributed by atoms with Gasteiger partial charge in [0.25, 0.3) is 5.91 Å². The van der Waals surface area contributed by atoms with Crippen molar-refractivity contribution < 1.29 is 18.0 Å². The van der Waals surface area contributed by atoms with Crippen molar-refractivity contribution in [2.45, 2.75) is 18.9 Å². The van der Waals surface area contributed by atoms with Gasteiger partial charge < -0.3 is 10.2 Å². The maximum absolute atomic E-state index is 13.7. The molecule has 1 amide bonds. The summed E-state index contributed by atoms with van der Waals surface area (Å²) in [5.41, 5.74) is -0.395. The summed E-state index contributed by atoms with van der Waals surface area (Å²) in [4.78, 5) is 13.8. The van der Waals surface area contributed by atoms with E-state index < -0.39 is 28.9 Å². The van der Waals surface area contributed by atoms with E-state index in [4.69, 9.17) is 0 Å². The summed E-state index contributed by atoms with van der Waals surface area (Å²) in [6.45, 7) is 1.97. The number of benzene rings is 1. The number of nitrogens with zero attached hydrogens (tertiary/aromatic N) is 1. The molecule has 3 nitrogen and oxygen atoms in total. The van der Waals surface area contributed by atoms with Crippen LogP contribution in [-0.4, -0.2) is 36.5 Å². The van der Waals surface area contributed by atoms with Gasteiger partial charge in [-0.1, -0.05) is 0 Å². The van der Waals surface area contributed by atoms with Gasteiger partial charge in [0.05, 0.1) is 5.56 Å². The van der Waals surface area contributed by atoms with Crippen molar-refractivity contribution in [2.24, 2.45) is 5.92 Å². The first-order valence-electron chi connectivity index (χ1n) is 6.74. The summed E-state index contributed by atoms with van der Waals surface area (Å²) in [5.74, 6) is -4.47. The average Bonchev–Trinajstić information content (AvgIpc) is 2.91. The van der Waals surface area contributed by atoms with E-state index in [1.165, 1.54) is 4.90 Å². The second-order valence-corrected chi connectivity index (χ2v) is 5.37. The maximum atomic E-state index is 13.7. The molecule has 0 spiro atoms. The van der Waals surface area contributed by atoms with Crippen LogP contribution in [0.2, 0.25) is 0 Å². The van der Waals surface area contributed by atoms with Gasteiger partial charge in [-0.15, -0.1) is 0 Å². The van der Waals surface area contributed by atoms with Crippen molar-refractivity contribution in [3.8, 4) is 0 Å². The molecule has 0 radical (unpaired) electrons. The number of nitrogens with one attached hydrogen (secondary N) is 1. The van der Waals surface area contributed by atoms with Crippen LogP contribution in [0.25, 0.3) is 0 Å². The highest BCUT2D eigenvalue weighted by Gasteiger charge is 2.35. The Morgan fingerprint density at radius 2 is 2.00 bits per heavy atom. The van der Waals surface area contributed by atoms with Crippen molar-refractivity contribution in [1.82, 2.24) is 10.2 Å². The molecule has 1 aromatic rings. The first-order valence-corrected chi connectivity index (χ1v) is 6.74. The van der Waals surface area contributed by atoms with E-state index in [2.05, 4.69) is 5.32 Å². The number of amides is 1. The molecule has 6 heteroatoms. The van der Waals surface area contributed by atoms with Crippen LogP contribution >= 0.6 is 0 Å². The van der Waals surface area contributed by atoms with Gasteiger partial charge in [-0.05, 0) is 37.4 Å². The molecule has 20 heavy (non-hydrogen) atoms. The summed E-state index contributed by atoms with van der Waals surface area (Å²) in [7, 11) is 0. The van der Waals surface area contributed by atoms with Gasteiger partial charge in [0.2, 0.25) is 0 Å². The number of rotatable bonds is 1. The lowest BCUT2D eigenvalue weighted by Gasteiger charge is -2.35. The fourth-order valence-electron chi connectivity index (χ4n) is 3.09. The molecule has 108 valence electrons. The molecule has 2 aliphatic heterocycles. The van der Waals surface area contributed by atoms with Crippen molar-refractivity contribution in [3.05, 3.63) is 35.1 Å². The normalized spacial score (nSPS) is 25.6. The Morgan fingerprint density at radius 3 is 2.80 bits per heavy atom. The number of likely N-dealkylation sites (tertiary alicyclic amines) is 1. The Labute approximate surface area is 114 Å². The van der Waals surface area contributed by atoms with Gasteiger partial charge in [0.15, 0.2) is 17.5 Å². The number of hydrogen-bond acceptors (Lipinski definition) is 2. The summed E-state index contributed by atoms with van der Waals surface area (Å²) < 4.78 is 39.8. The monoisotopic (exact) mass is 284 g/mol. The Morgan fingerprint density at radius 1 is 1.20 bits per heavy atom. The Bertz CT molecular complexity index is 549. The first-order chi connectivity index (χ1) is 9.58. The van der Waals surface area contributed by atoms with Crippen molar-refractivity contribution in [2.75, 3.05) is 19.6 Å². The first kappa shape index (κ1) is 13.4. The van der Waals surface area contributed by atoms with Gasteiger partial charge in [0.1, 0.15) is 0 Å². The van der Waals surface area contributed by atoms with E-state index in [1.54, 1.807) is 0 Å². The van der Waals surface area contributed by atoms with Crippen molar-refractivity contribution in [1.29, 1.82) is 0 Å². The number of carbonyl (C=O) groups excluding carboxylic acids is 1. The van der Waals surface area contributed by atoms with E-state index in [0.717, 1.165) is 31.5 Å². The summed E-state index contributed by atoms with van der Waals surface area (Å²) >= 11 is 0. The number of carbonyl (C=O) groups is 1. The van der Waals surface area contributed by atoms with E-state index in [1.807, 2.05) is 0 Å². The highest BCUT2D eigenvalue weighted by molar-refractivity contribution is 5.94. The van der Waals surface area contributed by atoms with Crippen LogP contribution in [0.4, 0.5) is 13.2 Å². The predicted molar refractivity (Wildman–Crippen MR) is 66.7 cm³/mol. The molecule has 0 aromatic heterocycles. The average molecular weight is 284 g/mol. The highest BCUT2D eigenvalue weighted by atomic mass is 19.2. The molecular formula is C14H15F3N2O. The SMILES string of the molecule is O=C(c1ccc(F)c(F)c1F)N1CCC2NCCC2C1. The number of halogens is 3. The molecule has 2 unspecified atom stereocenters. The molecule has 2 heterocycles. The predicted octanol–water partition coefficient (Wildman–Crippen LogP) is 1.93. The topological polar surface area (TPSA) is 32.3 Å². The number of hydrogen-bond donors (Lipinski definition) is 1. The van der Waals surface area contributed by atoms with E-state index in [0.29, 0.717) is 25.0 Å². The van der Waals surface area contributed by atoms with Gasteiger partial charge in [-0.3, -0.25) is 4.79 Å². The third kappa shape index (κ3) is 2.18. The third-order valence-electron chi connectivity index (χ3n) is 4.21. The molecule has 2 fully saturated rings. The van der Waals surface area contributed by atoms with Gasteiger partial charge in [0, 0.05) is 19.1 Å². The zero-order valence-corrected chi connectivity index (χ0v) is 10.8. The van der Waals surface area contributed by atoms with Crippen LogP contribution < -0.4 is 5.32 Å². The number of piperidine rings is 1. The van der Waals surface area contributed by atoms with Crippen molar-refractivity contribution >= 4 is 5.91 Å². The minimum atomic E-state index is -1.59. The summed E-state index contributed by atoms with van der Waals surface area (Å²) in [5, 5.41) is 3.36. The largest absolute Gasteiger partial charge is 0.338 e. The zero-order valence-electron chi connectivity index (χ0n) is 10.8. The molecule has 0 saturated carbocycles. The lowest BCUT2D eigenvalue weighted by Crippen LogP contribution is -2.47. The van der Waals surface area contributed by atoms with Crippen LogP contribution in [0.1, 0.15) is 23.2 Å². The van der Waals surface area contributed by atoms with Crippen LogP contribution in [0, 0.1) is 23.4 Å². The van der Waals surface area contributed by atoms with E-state index in [-0.39, 0.29) is 0 Å². The summed E-state index contributed by atoms with van der Waals surface area (Å²) in [6.07, 6.45) is 1.79. The second kappa shape index (κ2) is 5.09. The molecular weight excluding hydrogens is 269 g/mol. The molecule has 0 aliphatic carbocycles. The van der Waals surface area contributed by atoms with E-state index in [9.17, 15) is 18.0 Å². The molecule has 2 atom stereocenters. The standard InChI is InChI=1S/C14H15F3N2O/c15-10-2-1-9(12(16)13(10)17)14(20)19-6-4-11-8(7-19)3-5-18-11/h1-2,8,11,18H,3-7H2. The van der Waals surface area contributed by atoms with Crippen LogP contribution in [0.3, 0.4) is 0 Å². The third-order valence-corrected chi connectivity index (χ3v) is 4.21. The van der Waals surface area contributed by atoms with Crippen LogP contribution in [0.5, 0.6) is 0 Å². The zero-order chi connectivity index (χ0) is 14.3.